The Kier molecular flexibility index (Phi) is 5.82. The quantitative estimate of drug-likeness (QED) is 0.831. The highest BCUT2D eigenvalue weighted by Gasteiger charge is 2.33. The van der Waals surface area contributed by atoms with Crippen LogP contribution in [0.25, 0.3) is 0 Å². The Balaban J connectivity index is 1.58. The molecule has 1 aromatic heterocycles. The summed E-state index contributed by atoms with van der Waals surface area (Å²) in [5.74, 6) is -0.381. The summed E-state index contributed by atoms with van der Waals surface area (Å²) in [6, 6.07) is 8.38. The number of hydrogen-bond donors (Lipinski definition) is 1. The van der Waals surface area contributed by atoms with Crippen LogP contribution in [0.4, 0.5) is 0 Å². The van der Waals surface area contributed by atoms with E-state index in [2.05, 4.69) is 10.3 Å². The first kappa shape index (κ1) is 18.0. The van der Waals surface area contributed by atoms with E-state index in [9.17, 15) is 13.2 Å². The number of piperidine rings is 1. The molecule has 0 spiro atoms. The van der Waals surface area contributed by atoms with Crippen LogP contribution in [0.2, 0.25) is 0 Å². The SMILES string of the molecule is O=C(NCCc1nccs1)C1CCCN(S(=O)(=O)c2ccccc2)C1. The van der Waals surface area contributed by atoms with Gasteiger partial charge < -0.3 is 5.32 Å². The number of nitrogens with zero attached hydrogens (tertiary/aromatic N) is 2. The summed E-state index contributed by atoms with van der Waals surface area (Å²) in [4.78, 5) is 16.8. The Labute approximate surface area is 151 Å². The van der Waals surface area contributed by atoms with E-state index in [4.69, 9.17) is 0 Å². The molecule has 3 rings (SSSR count). The van der Waals surface area contributed by atoms with Gasteiger partial charge in [-0.25, -0.2) is 13.4 Å². The molecule has 0 saturated carbocycles. The van der Waals surface area contributed by atoms with E-state index in [0.29, 0.717) is 32.4 Å². The maximum absolute atomic E-state index is 12.7. The first-order valence-electron chi connectivity index (χ1n) is 8.28. The van der Waals surface area contributed by atoms with E-state index >= 15 is 0 Å². The topological polar surface area (TPSA) is 79.4 Å². The summed E-state index contributed by atoms with van der Waals surface area (Å²) < 4.78 is 26.9. The third-order valence-electron chi connectivity index (χ3n) is 4.26. The van der Waals surface area contributed by atoms with Crippen LogP contribution in [0.3, 0.4) is 0 Å². The van der Waals surface area contributed by atoms with E-state index in [1.54, 1.807) is 47.9 Å². The number of thiazole rings is 1. The smallest absolute Gasteiger partial charge is 0.243 e. The van der Waals surface area contributed by atoms with Crippen molar-refractivity contribution in [1.82, 2.24) is 14.6 Å². The van der Waals surface area contributed by atoms with Gasteiger partial charge in [-0.15, -0.1) is 11.3 Å². The van der Waals surface area contributed by atoms with Crippen molar-refractivity contribution in [3.63, 3.8) is 0 Å². The lowest BCUT2D eigenvalue weighted by Gasteiger charge is -2.31. The van der Waals surface area contributed by atoms with Crippen LogP contribution in [0, 0.1) is 5.92 Å². The Morgan fingerprint density at radius 1 is 1.32 bits per heavy atom. The molecule has 25 heavy (non-hydrogen) atoms. The van der Waals surface area contributed by atoms with Crippen molar-refractivity contribution in [1.29, 1.82) is 0 Å². The van der Waals surface area contributed by atoms with Crippen LogP contribution in [0.5, 0.6) is 0 Å². The minimum Gasteiger partial charge on any atom is -0.355 e. The molecule has 134 valence electrons. The van der Waals surface area contributed by atoms with Gasteiger partial charge in [0.2, 0.25) is 15.9 Å². The number of hydrogen-bond acceptors (Lipinski definition) is 5. The number of carbonyl (C=O) groups is 1. The van der Waals surface area contributed by atoms with Gasteiger partial charge >= 0.3 is 0 Å². The molecule has 1 unspecified atom stereocenters. The second-order valence-corrected chi connectivity index (χ2v) is 8.90. The van der Waals surface area contributed by atoms with Crippen molar-refractivity contribution in [2.24, 2.45) is 5.92 Å². The van der Waals surface area contributed by atoms with Crippen LogP contribution in [-0.2, 0) is 21.2 Å². The van der Waals surface area contributed by atoms with Crippen molar-refractivity contribution in [3.8, 4) is 0 Å². The molecule has 8 heteroatoms. The molecular weight excluding hydrogens is 358 g/mol. The van der Waals surface area contributed by atoms with Crippen LogP contribution in [0.15, 0.2) is 46.8 Å². The lowest BCUT2D eigenvalue weighted by Crippen LogP contribution is -2.45. The normalized spacial score (nSPS) is 18.8. The highest BCUT2D eigenvalue weighted by Crippen LogP contribution is 2.23. The minimum absolute atomic E-state index is 0.0792. The van der Waals surface area contributed by atoms with Gasteiger partial charge in [-0.05, 0) is 25.0 Å². The average Bonchev–Trinajstić information content (AvgIpc) is 3.16. The molecule has 1 aliphatic heterocycles. The molecule has 0 bridgehead atoms. The summed E-state index contributed by atoms with van der Waals surface area (Å²) in [6.07, 6.45) is 3.85. The first-order valence-corrected chi connectivity index (χ1v) is 10.6. The van der Waals surface area contributed by atoms with Gasteiger partial charge in [0, 0.05) is 37.6 Å². The van der Waals surface area contributed by atoms with Gasteiger partial charge in [-0.1, -0.05) is 18.2 Å². The molecule has 6 nitrogen and oxygen atoms in total. The Morgan fingerprint density at radius 2 is 2.12 bits per heavy atom. The zero-order valence-corrected chi connectivity index (χ0v) is 15.4. The number of nitrogens with one attached hydrogen (secondary N) is 1. The van der Waals surface area contributed by atoms with E-state index in [1.165, 1.54) is 4.31 Å². The van der Waals surface area contributed by atoms with Crippen LogP contribution in [-0.4, -0.2) is 43.2 Å². The number of carbonyl (C=O) groups excluding carboxylic acids is 1. The molecule has 1 amide bonds. The molecule has 1 aliphatic rings. The second kappa shape index (κ2) is 8.07. The maximum atomic E-state index is 12.7. The van der Waals surface area contributed by atoms with Gasteiger partial charge in [0.25, 0.3) is 0 Å². The Morgan fingerprint density at radius 3 is 2.84 bits per heavy atom. The zero-order valence-electron chi connectivity index (χ0n) is 13.8. The summed E-state index contributed by atoms with van der Waals surface area (Å²) in [7, 11) is -3.54. The van der Waals surface area contributed by atoms with Gasteiger partial charge in [-0.3, -0.25) is 4.79 Å². The average molecular weight is 380 g/mol. The molecule has 1 atom stereocenters. The van der Waals surface area contributed by atoms with E-state index in [0.717, 1.165) is 5.01 Å². The highest BCUT2D eigenvalue weighted by molar-refractivity contribution is 7.89. The maximum Gasteiger partial charge on any atom is 0.243 e. The molecular formula is C17H21N3O3S2. The van der Waals surface area contributed by atoms with Crippen molar-refractivity contribution < 1.29 is 13.2 Å². The third-order valence-corrected chi connectivity index (χ3v) is 6.98. The highest BCUT2D eigenvalue weighted by atomic mass is 32.2. The summed E-state index contributed by atoms with van der Waals surface area (Å²) >= 11 is 1.56. The lowest BCUT2D eigenvalue weighted by atomic mass is 9.99. The summed E-state index contributed by atoms with van der Waals surface area (Å²) in [6.45, 7) is 1.22. The Hall–Kier alpha value is -1.77. The largest absolute Gasteiger partial charge is 0.355 e. The number of benzene rings is 1. The predicted octanol–water partition coefficient (Wildman–Crippen LogP) is 1.90. The summed E-state index contributed by atoms with van der Waals surface area (Å²) in [5.41, 5.74) is 0. The molecule has 1 N–H and O–H groups in total. The first-order chi connectivity index (χ1) is 12.1. The number of rotatable bonds is 6. The van der Waals surface area contributed by atoms with Gasteiger partial charge in [0.15, 0.2) is 0 Å². The zero-order chi connectivity index (χ0) is 17.7. The van der Waals surface area contributed by atoms with Gasteiger partial charge in [-0.2, -0.15) is 4.31 Å². The molecule has 0 radical (unpaired) electrons. The lowest BCUT2D eigenvalue weighted by molar-refractivity contribution is -0.126. The molecule has 2 aromatic rings. The molecule has 0 aliphatic carbocycles. The van der Waals surface area contributed by atoms with Crippen molar-refractivity contribution in [2.75, 3.05) is 19.6 Å². The fraction of sp³-hybridized carbons (Fsp3) is 0.412. The number of sulfonamides is 1. The minimum atomic E-state index is -3.54. The van der Waals surface area contributed by atoms with Crippen LogP contribution in [0.1, 0.15) is 17.8 Å². The standard InChI is InChI=1S/C17H21N3O3S2/c21-17(19-9-8-16-18-10-12-24-16)14-5-4-11-20(13-14)25(22,23)15-6-2-1-3-7-15/h1-3,6-7,10,12,14H,4-5,8-9,11,13H2,(H,19,21). The van der Waals surface area contributed by atoms with Gasteiger partial charge in [0.1, 0.15) is 0 Å². The second-order valence-electron chi connectivity index (χ2n) is 5.98. The number of aromatic nitrogens is 1. The molecule has 1 saturated heterocycles. The van der Waals surface area contributed by atoms with Crippen molar-refractivity contribution in [2.45, 2.75) is 24.2 Å². The third kappa shape index (κ3) is 4.45. The Bertz CT molecular complexity index is 792. The van der Waals surface area contributed by atoms with E-state index in [-0.39, 0.29) is 23.3 Å². The monoisotopic (exact) mass is 379 g/mol. The fourth-order valence-electron chi connectivity index (χ4n) is 2.93. The van der Waals surface area contributed by atoms with Crippen molar-refractivity contribution >= 4 is 27.3 Å². The number of amides is 1. The van der Waals surface area contributed by atoms with Crippen LogP contribution < -0.4 is 5.32 Å². The molecule has 1 fully saturated rings. The molecule has 1 aromatic carbocycles. The van der Waals surface area contributed by atoms with E-state index in [1.807, 2.05) is 5.38 Å². The van der Waals surface area contributed by atoms with Crippen LogP contribution >= 0.6 is 11.3 Å². The predicted molar refractivity (Wildman–Crippen MR) is 96.8 cm³/mol. The fourth-order valence-corrected chi connectivity index (χ4v) is 5.09. The van der Waals surface area contributed by atoms with Crippen molar-refractivity contribution in [3.05, 3.63) is 46.9 Å². The van der Waals surface area contributed by atoms with E-state index < -0.39 is 10.0 Å². The molecule has 2 heterocycles. The summed E-state index contributed by atoms with van der Waals surface area (Å²) in [5, 5.41) is 5.80. The van der Waals surface area contributed by atoms with Gasteiger partial charge in [0.05, 0.1) is 15.8 Å².